The molecule has 1 aliphatic rings. The number of carbonyl (C=O) groups excluding carboxylic acids is 1. The van der Waals surface area contributed by atoms with Crippen LogP contribution in [0.25, 0.3) is 21.7 Å². The van der Waals surface area contributed by atoms with Gasteiger partial charge in [0, 0.05) is 18.0 Å². The van der Waals surface area contributed by atoms with E-state index in [9.17, 15) is 14.9 Å². The third kappa shape index (κ3) is 4.07. The Balaban J connectivity index is 1.40. The van der Waals surface area contributed by atoms with Crippen molar-refractivity contribution in [3.8, 4) is 6.07 Å². The summed E-state index contributed by atoms with van der Waals surface area (Å²) in [6, 6.07) is 33.0. The molecule has 0 aliphatic carbocycles. The van der Waals surface area contributed by atoms with Gasteiger partial charge in [0.2, 0.25) is 5.43 Å². The molecule has 1 atom stereocenters. The molecule has 0 fully saturated rings. The van der Waals surface area contributed by atoms with E-state index in [0.29, 0.717) is 17.3 Å². The molecule has 37 heavy (non-hydrogen) atoms. The lowest BCUT2D eigenvalue weighted by Crippen LogP contribution is -2.31. The minimum Gasteiger partial charge on any atom is -0.336 e. The highest BCUT2D eigenvalue weighted by molar-refractivity contribution is 6.05. The van der Waals surface area contributed by atoms with Gasteiger partial charge in [-0.05, 0) is 40.1 Å². The lowest BCUT2D eigenvalue weighted by Gasteiger charge is -2.23. The largest absolute Gasteiger partial charge is 0.336 e. The summed E-state index contributed by atoms with van der Waals surface area (Å²) >= 11 is 0. The fourth-order valence-electron chi connectivity index (χ4n) is 4.99. The molecule has 4 aromatic carbocycles. The van der Waals surface area contributed by atoms with Crippen LogP contribution < -0.4 is 5.43 Å². The first-order valence-corrected chi connectivity index (χ1v) is 12.1. The van der Waals surface area contributed by atoms with Crippen molar-refractivity contribution < 1.29 is 4.79 Å². The molecule has 6 heteroatoms. The zero-order valence-electron chi connectivity index (χ0n) is 19.9. The van der Waals surface area contributed by atoms with Gasteiger partial charge in [0.05, 0.1) is 17.3 Å². The van der Waals surface area contributed by atoms with E-state index in [1.54, 1.807) is 27.8 Å². The molecule has 0 radical (unpaired) electrons. The average Bonchev–Trinajstić information content (AvgIpc) is 3.41. The number of carbonyl (C=O) groups is 1. The summed E-state index contributed by atoms with van der Waals surface area (Å²) in [6.07, 6.45) is 2.05. The smallest absolute Gasteiger partial charge is 0.263 e. The van der Waals surface area contributed by atoms with Crippen LogP contribution in [0.15, 0.2) is 113 Å². The Kier molecular flexibility index (Phi) is 5.59. The number of pyridine rings is 1. The van der Waals surface area contributed by atoms with E-state index in [0.717, 1.165) is 27.6 Å². The van der Waals surface area contributed by atoms with Crippen molar-refractivity contribution in [2.24, 2.45) is 5.10 Å². The minimum atomic E-state index is -0.332. The van der Waals surface area contributed by atoms with E-state index in [1.165, 1.54) is 6.20 Å². The number of nitrogens with zero attached hydrogens (tertiary/aromatic N) is 4. The van der Waals surface area contributed by atoms with E-state index in [1.807, 2.05) is 60.7 Å². The maximum absolute atomic E-state index is 13.8. The molecule has 0 N–H and O–H groups in total. The first-order chi connectivity index (χ1) is 18.1. The van der Waals surface area contributed by atoms with Crippen molar-refractivity contribution in [3.63, 3.8) is 0 Å². The Bertz CT molecular complexity index is 1800. The van der Waals surface area contributed by atoms with E-state index < -0.39 is 0 Å². The fourth-order valence-corrected chi connectivity index (χ4v) is 4.99. The van der Waals surface area contributed by atoms with Crippen molar-refractivity contribution in [2.45, 2.75) is 19.0 Å². The van der Waals surface area contributed by atoms with Crippen LogP contribution in [0.3, 0.4) is 0 Å². The second kappa shape index (κ2) is 9.21. The summed E-state index contributed by atoms with van der Waals surface area (Å²) in [6.45, 7) is -0.0483. The van der Waals surface area contributed by atoms with Crippen molar-refractivity contribution in [1.82, 2.24) is 9.58 Å². The molecule has 6 nitrogen and oxygen atoms in total. The second-order valence-corrected chi connectivity index (χ2v) is 9.11. The maximum atomic E-state index is 13.8. The number of hydrogen-bond donors (Lipinski definition) is 0. The summed E-state index contributed by atoms with van der Waals surface area (Å²) in [5.74, 6) is -0.220. The Morgan fingerprint density at radius 1 is 0.919 bits per heavy atom. The Labute approximate surface area is 213 Å². The van der Waals surface area contributed by atoms with Crippen LogP contribution in [0.5, 0.6) is 0 Å². The van der Waals surface area contributed by atoms with Gasteiger partial charge >= 0.3 is 0 Å². The first-order valence-electron chi connectivity index (χ1n) is 12.1. The van der Waals surface area contributed by atoms with Crippen molar-refractivity contribution >= 4 is 33.3 Å². The highest BCUT2D eigenvalue weighted by Crippen LogP contribution is 2.33. The van der Waals surface area contributed by atoms with Crippen molar-refractivity contribution in [2.75, 3.05) is 0 Å². The molecule has 0 saturated carbocycles. The molecule has 0 bridgehead atoms. The third-order valence-corrected chi connectivity index (χ3v) is 6.85. The van der Waals surface area contributed by atoms with E-state index in [2.05, 4.69) is 24.3 Å². The van der Waals surface area contributed by atoms with Crippen LogP contribution in [0.2, 0.25) is 0 Å². The maximum Gasteiger partial charge on any atom is 0.263 e. The van der Waals surface area contributed by atoms with Crippen LogP contribution in [0.4, 0.5) is 0 Å². The molecule has 1 aromatic heterocycles. The fraction of sp³-hybridized carbons (Fsp3) is 0.0968. The lowest BCUT2D eigenvalue weighted by molar-refractivity contribution is -0.133. The number of para-hydroxylation sites is 1. The Morgan fingerprint density at radius 2 is 1.65 bits per heavy atom. The predicted molar refractivity (Wildman–Crippen MR) is 144 cm³/mol. The van der Waals surface area contributed by atoms with Gasteiger partial charge < -0.3 is 4.57 Å². The number of nitriles is 1. The van der Waals surface area contributed by atoms with Gasteiger partial charge in [-0.15, -0.1) is 0 Å². The van der Waals surface area contributed by atoms with Crippen LogP contribution in [0.1, 0.15) is 29.2 Å². The molecule has 1 unspecified atom stereocenters. The second-order valence-electron chi connectivity index (χ2n) is 9.11. The molecule has 0 spiro atoms. The molecule has 0 saturated heterocycles. The van der Waals surface area contributed by atoms with Crippen LogP contribution in [-0.2, 0) is 11.3 Å². The SMILES string of the molecule is N#Cc1cn(CC(=O)N2N=C(c3ccc4ccccc4c3)CC2c2ccccc2)c2ccccc2c1=O. The molecule has 6 rings (SSSR count). The van der Waals surface area contributed by atoms with Gasteiger partial charge in [-0.3, -0.25) is 9.59 Å². The monoisotopic (exact) mass is 482 g/mol. The zero-order chi connectivity index (χ0) is 25.4. The van der Waals surface area contributed by atoms with Gasteiger partial charge in [0.15, 0.2) is 0 Å². The van der Waals surface area contributed by atoms with Gasteiger partial charge in [-0.1, -0.05) is 78.9 Å². The van der Waals surface area contributed by atoms with Gasteiger partial charge in [-0.2, -0.15) is 10.4 Å². The molecule has 1 amide bonds. The van der Waals surface area contributed by atoms with E-state index >= 15 is 0 Å². The normalized spacial score (nSPS) is 15.1. The summed E-state index contributed by atoms with van der Waals surface area (Å²) in [4.78, 5) is 26.4. The summed E-state index contributed by atoms with van der Waals surface area (Å²) in [5, 5.41) is 18.5. The number of amides is 1. The van der Waals surface area contributed by atoms with Gasteiger partial charge in [0.25, 0.3) is 5.91 Å². The highest BCUT2D eigenvalue weighted by Gasteiger charge is 2.33. The molecule has 1 aliphatic heterocycles. The minimum absolute atomic E-state index is 0.00730. The summed E-state index contributed by atoms with van der Waals surface area (Å²) in [5.41, 5.74) is 3.10. The third-order valence-electron chi connectivity index (χ3n) is 6.85. The molecule has 2 heterocycles. The molecular formula is C31H22N4O2. The molecule has 5 aromatic rings. The summed E-state index contributed by atoms with van der Waals surface area (Å²) in [7, 11) is 0. The summed E-state index contributed by atoms with van der Waals surface area (Å²) < 4.78 is 1.67. The average molecular weight is 483 g/mol. The topological polar surface area (TPSA) is 78.5 Å². The number of benzene rings is 4. The molecular weight excluding hydrogens is 460 g/mol. The van der Waals surface area contributed by atoms with E-state index in [-0.39, 0.29) is 29.5 Å². The number of aromatic nitrogens is 1. The lowest BCUT2D eigenvalue weighted by atomic mass is 9.97. The van der Waals surface area contributed by atoms with Crippen molar-refractivity contribution in [1.29, 1.82) is 5.26 Å². The van der Waals surface area contributed by atoms with Gasteiger partial charge in [-0.25, -0.2) is 5.01 Å². The number of fused-ring (bicyclic) bond motifs is 2. The number of hydrazone groups is 1. The predicted octanol–water partition coefficient (Wildman–Crippen LogP) is 5.40. The number of hydrogen-bond acceptors (Lipinski definition) is 4. The molecule has 178 valence electrons. The highest BCUT2D eigenvalue weighted by atomic mass is 16.2. The Morgan fingerprint density at radius 3 is 2.46 bits per heavy atom. The zero-order valence-corrected chi connectivity index (χ0v) is 19.9. The van der Waals surface area contributed by atoms with Crippen LogP contribution in [-0.4, -0.2) is 21.2 Å². The number of rotatable bonds is 4. The van der Waals surface area contributed by atoms with E-state index in [4.69, 9.17) is 5.10 Å². The Hall–Kier alpha value is -5.02. The van der Waals surface area contributed by atoms with Crippen LogP contribution >= 0.6 is 0 Å². The quantitative estimate of drug-likeness (QED) is 0.344. The first kappa shape index (κ1) is 22.4. The van der Waals surface area contributed by atoms with Gasteiger partial charge in [0.1, 0.15) is 18.2 Å². The van der Waals surface area contributed by atoms with Crippen LogP contribution in [0, 0.1) is 11.3 Å². The standard InChI is InChI=1S/C31H22N4O2/c32-18-25-19-34(28-13-7-6-12-26(28)31(25)37)20-30(36)35-29(22-9-2-1-3-10-22)17-27(33-35)24-15-14-21-8-4-5-11-23(21)16-24/h1-16,19,29H,17,20H2. The van der Waals surface area contributed by atoms with Crippen molar-refractivity contribution in [3.05, 3.63) is 130 Å².